The van der Waals surface area contributed by atoms with Crippen LogP contribution in [0.3, 0.4) is 0 Å². The van der Waals surface area contributed by atoms with Gasteiger partial charge in [-0.05, 0) is 47.5 Å². The molecule has 0 saturated heterocycles. The summed E-state index contributed by atoms with van der Waals surface area (Å²) in [6.07, 6.45) is 0. The number of hydrogen-bond donors (Lipinski definition) is 0. The Labute approximate surface area is 165 Å². The van der Waals surface area contributed by atoms with Crippen LogP contribution in [0.25, 0.3) is 11.1 Å². The van der Waals surface area contributed by atoms with E-state index in [0.717, 1.165) is 11.4 Å². The van der Waals surface area contributed by atoms with E-state index in [1.807, 2.05) is 79.8 Å². The van der Waals surface area contributed by atoms with Crippen molar-refractivity contribution < 1.29 is 4.79 Å². The third-order valence-corrected chi connectivity index (χ3v) is 4.91. The minimum atomic E-state index is 0.0435. The average Bonchev–Trinajstić information content (AvgIpc) is 2.79. The standard InChI is InChI=1S/C26H21NO/c1-27(24-16-12-21(13-17-24)20-8-4-2-5-9-20)25-18-14-23(15-19-25)26(28)22-10-6-3-7-11-22/h2-19H,1H3. The van der Waals surface area contributed by atoms with E-state index < -0.39 is 0 Å². The minimum absolute atomic E-state index is 0.0435. The molecule has 0 spiro atoms. The average molecular weight is 363 g/mol. The summed E-state index contributed by atoms with van der Waals surface area (Å²) in [5.74, 6) is 0.0435. The van der Waals surface area contributed by atoms with E-state index >= 15 is 0 Å². The van der Waals surface area contributed by atoms with Gasteiger partial charge in [-0.15, -0.1) is 0 Å². The van der Waals surface area contributed by atoms with Gasteiger partial charge < -0.3 is 4.90 Å². The van der Waals surface area contributed by atoms with Crippen molar-refractivity contribution in [1.82, 2.24) is 0 Å². The molecule has 0 aliphatic carbocycles. The van der Waals surface area contributed by atoms with E-state index in [-0.39, 0.29) is 5.78 Å². The van der Waals surface area contributed by atoms with Gasteiger partial charge >= 0.3 is 0 Å². The predicted octanol–water partition coefficient (Wildman–Crippen LogP) is 6.35. The van der Waals surface area contributed by atoms with Crippen LogP contribution in [0.4, 0.5) is 11.4 Å². The Balaban J connectivity index is 1.52. The molecule has 0 saturated carbocycles. The van der Waals surface area contributed by atoms with Crippen molar-refractivity contribution in [3.05, 3.63) is 120 Å². The maximum atomic E-state index is 12.6. The molecule has 136 valence electrons. The molecule has 0 amide bonds. The Morgan fingerprint density at radius 2 is 0.964 bits per heavy atom. The third kappa shape index (κ3) is 3.72. The van der Waals surface area contributed by atoms with Gasteiger partial charge in [0, 0.05) is 29.5 Å². The van der Waals surface area contributed by atoms with Crippen molar-refractivity contribution in [1.29, 1.82) is 0 Å². The molecule has 0 fully saturated rings. The van der Waals surface area contributed by atoms with Gasteiger partial charge in [0.05, 0.1) is 0 Å². The maximum Gasteiger partial charge on any atom is 0.193 e. The zero-order chi connectivity index (χ0) is 19.3. The second-order valence-electron chi connectivity index (χ2n) is 6.71. The molecule has 0 N–H and O–H groups in total. The van der Waals surface area contributed by atoms with E-state index in [1.54, 1.807) is 0 Å². The molecule has 0 bridgehead atoms. The molecule has 2 nitrogen and oxygen atoms in total. The minimum Gasteiger partial charge on any atom is -0.345 e. The van der Waals surface area contributed by atoms with E-state index in [0.29, 0.717) is 11.1 Å². The molecule has 0 aliphatic heterocycles. The van der Waals surface area contributed by atoms with Gasteiger partial charge in [-0.2, -0.15) is 0 Å². The zero-order valence-corrected chi connectivity index (χ0v) is 15.7. The van der Waals surface area contributed by atoms with Crippen LogP contribution in [0.5, 0.6) is 0 Å². The number of anilines is 2. The molecule has 4 aromatic rings. The lowest BCUT2D eigenvalue weighted by molar-refractivity contribution is 0.103. The van der Waals surface area contributed by atoms with Gasteiger partial charge in [-0.3, -0.25) is 4.79 Å². The number of carbonyl (C=O) groups is 1. The highest BCUT2D eigenvalue weighted by atomic mass is 16.1. The topological polar surface area (TPSA) is 20.3 Å². The molecule has 2 heteroatoms. The first-order valence-electron chi connectivity index (χ1n) is 9.31. The summed E-state index contributed by atoms with van der Waals surface area (Å²) in [6.45, 7) is 0. The molecular formula is C26H21NO. The third-order valence-electron chi connectivity index (χ3n) is 4.91. The van der Waals surface area contributed by atoms with Crippen molar-refractivity contribution >= 4 is 17.2 Å². The molecule has 0 aliphatic rings. The van der Waals surface area contributed by atoms with E-state index in [2.05, 4.69) is 41.3 Å². The lowest BCUT2D eigenvalue weighted by atomic mass is 10.0. The first-order valence-corrected chi connectivity index (χ1v) is 9.31. The molecule has 0 atom stereocenters. The van der Waals surface area contributed by atoms with Crippen molar-refractivity contribution in [2.75, 3.05) is 11.9 Å². The number of hydrogen-bond acceptors (Lipinski definition) is 2. The Morgan fingerprint density at radius 1 is 0.536 bits per heavy atom. The molecule has 0 unspecified atom stereocenters. The Bertz CT molecular complexity index is 1050. The number of rotatable bonds is 5. The SMILES string of the molecule is CN(c1ccc(C(=O)c2ccccc2)cc1)c1ccc(-c2ccccc2)cc1. The molecular weight excluding hydrogens is 342 g/mol. The van der Waals surface area contributed by atoms with Crippen molar-refractivity contribution in [2.45, 2.75) is 0 Å². The van der Waals surface area contributed by atoms with E-state index in [4.69, 9.17) is 0 Å². The van der Waals surface area contributed by atoms with Gasteiger partial charge in [0.1, 0.15) is 0 Å². The van der Waals surface area contributed by atoms with Crippen LogP contribution in [-0.2, 0) is 0 Å². The van der Waals surface area contributed by atoms with Crippen LogP contribution in [0.2, 0.25) is 0 Å². The van der Waals surface area contributed by atoms with Gasteiger partial charge in [0.15, 0.2) is 5.78 Å². The Kier molecular flexibility index (Phi) is 5.03. The summed E-state index contributed by atoms with van der Waals surface area (Å²) >= 11 is 0. The van der Waals surface area contributed by atoms with Crippen LogP contribution in [0.1, 0.15) is 15.9 Å². The fraction of sp³-hybridized carbons (Fsp3) is 0.0385. The highest BCUT2D eigenvalue weighted by Gasteiger charge is 2.10. The zero-order valence-electron chi connectivity index (χ0n) is 15.7. The molecule has 0 heterocycles. The smallest absolute Gasteiger partial charge is 0.193 e. The predicted molar refractivity (Wildman–Crippen MR) is 116 cm³/mol. The number of ketones is 1. The largest absolute Gasteiger partial charge is 0.345 e. The summed E-state index contributed by atoms with van der Waals surface area (Å²) in [5.41, 5.74) is 5.95. The lowest BCUT2D eigenvalue weighted by Crippen LogP contribution is -2.09. The van der Waals surface area contributed by atoms with Crippen molar-refractivity contribution in [3.8, 4) is 11.1 Å². The normalized spacial score (nSPS) is 10.5. The second kappa shape index (κ2) is 7.93. The van der Waals surface area contributed by atoms with Crippen LogP contribution in [0.15, 0.2) is 109 Å². The summed E-state index contributed by atoms with van der Waals surface area (Å²) in [5, 5.41) is 0. The van der Waals surface area contributed by atoms with E-state index in [9.17, 15) is 4.79 Å². The Morgan fingerprint density at radius 3 is 1.54 bits per heavy atom. The fourth-order valence-electron chi connectivity index (χ4n) is 3.25. The number of benzene rings is 4. The number of carbonyl (C=O) groups excluding carboxylic acids is 1. The van der Waals surface area contributed by atoms with Crippen molar-refractivity contribution in [2.24, 2.45) is 0 Å². The van der Waals surface area contributed by atoms with Crippen LogP contribution in [-0.4, -0.2) is 12.8 Å². The van der Waals surface area contributed by atoms with Crippen molar-refractivity contribution in [3.63, 3.8) is 0 Å². The monoisotopic (exact) mass is 363 g/mol. The second-order valence-corrected chi connectivity index (χ2v) is 6.71. The highest BCUT2D eigenvalue weighted by molar-refractivity contribution is 6.09. The summed E-state index contributed by atoms with van der Waals surface area (Å²) < 4.78 is 0. The van der Waals surface area contributed by atoms with Crippen LogP contribution >= 0.6 is 0 Å². The van der Waals surface area contributed by atoms with E-state index in [1.165, 1.54) is 11.1 Å². The maximum absolute atomic E-state index is 12.6. The Hall–Kier alpha value is -3.65. The molecule has 28 heavy (non-hydrogen) atoms. The van der Waals surface area contributed by atoms with Gasteiger partial charge in [-0.25, -0.2) is 0 Å². The molecule has 0 radical (unpaired) electrons. The first kappa shape index (κ1) is 17.7. The molecule has 4 aromatic carbocycles. The molecule has 4 rings (SSSR count). The quantitative estimate of drug-likeness (QED) is 0.385. The lowest BCUT2D eigenvalue weighted by Gasteiger charge is -2.20. The first-order chi connectivity index (χ1) is 13.7. The summed E-state index contributed by atoms with van der Waals surface area (Å²) in [4.78, 5) is 14.7. The van der Waals surface area contributed by atoms with Crippen LogP contribution in [0, 0.1) is 0 Å². The van der Waals surface area contributed by atoms with Gasteiger partial charge in [-0.1, -0.05) is 72.8 Å². The number of nitrogens with zero attached hydrogens (tertiary/aromatic N) is 1. The summed E-state index contributed by atoms with van der Waals surface area (Å²) in [7, 11) is 2.03. The highest BCUT2D eigenvalue weighted by Crippen LogP contribution is 2.27. The van der Waals surface area contributed by atoms with Gasteiger partial charge in [0.2, 0.25) is 0 Å². The fourth-order valence-corrected chi connectivity index (χ4v) is 3.25. The van der Waals surface area contributed by atoms with Gasteiger partial charge in [0.25, 0.3) is 0 Å². The van der Waals surface area contributed by atoms with Crippen LogP contribution < -0.4 is 4.90 Å². The summed E-state index contributed by atoms with van der Waals surface area (Å²) in [6, 6.07) is 36.0. The molecule has 0 aromatic heterocycles.